The van der Waals surface area contributed by atoms with Crippen molar-refractivity contribution < 1.29 is 18.7 Å². The van der Waals surface area contributed by atoms with Crippen LogP contribution in [0.3, 0.4) is 0 Å². The van der Waals surface area contributed by atoms with Crippen LogP contribution in [0.25, 0.3) is 22.3 Å². The van der Waals surface area contributed by atoms with Gasteiger partial charge >= 0.3 is 5.97 Å². The van der Waals surface area contributed by atoms with Crippen LogP contribution < -0.4 is 0 Å². The van der Waals surface area contributed by atoms with Gasteiger partial charge in [-0.3, -0.25) is 14.6 Å². The predicted molar refractivity (Wildman–Crippen MR) is 97.5 cm³/mol. The Bertz CT molecular complexity index is 1010. The van der Waals surface area contributed by atoms with Gasteiger partial charge in [0.25, 0.3) is 0 Å². The number of benzene rings is 1. The summed E-state index contributed by atoms with van der Waals surface area (Å²) in [7, 11) is 1.28. The van der Waals surface area contributed by atoms with Crippen LogP contribution in [0, 0.1) is 11.7 Å². The quantitative estimate of drug-likeness (QED) is 0.525. The first-order valence-electron chi connectivity index (χ1n) is 8.61. The van der Waals surface area contributed by atoms with Crippen molar-refractivity contribution >= 4 is 11.8 Å². The molecule has 1 aliphatic heterocycles. The number of hydrogen-bond donors (Lipinski definition) is 0. The van der Waals surface area contributed by atoms with Crippen LogP contribution in [0.1, 0.15) is 16.9 Å². The highest BCUT2D eigenvalue weighted by Gasteiger charge is 2.37. The Morgan fingerprint density at radius 2 is 1.85 bits per heavy atom. The van der Waals surface area contributed by atoms with E-state index in [9.17, 15) is 14.0 Å². The largest absolute Gasteiger partial charge is 0.468 e. The highest BCUT2D eigenvalue weighted by molar-refractivity contribution is 6.13. The van der Waals surface area contributed by atoms with Crippen molar-refractivity contribution in [2.75, 3.05) is 7.11 Å². The number of aryl methyl sites for hydroxylation is 1. The molecule has 0 fully saturated rings. The summed E-state index contributed by atoms with van der Waals surface area (Å²) in [5.74, 6) is -1.96. The molecular formula is C21H17FN2O3. The van der Waals surface area contributed by atoms with Gasteiger partial charge in [-0.25, -0.2) is 4.39 Å². The zero-order valence-corrected chi connectivity index (χ0v) is 14.7. The number of ether oxygens (including phenoxy) is 1. The first-order valence-corrected chi connectivity index (χ1v) is 8.61. The number of carbonyl (C=O) groups excluding carboxylic acids is 2. The first-order chi connectivity index (χ1) is 13.1. The molecule has 1 aromatic carbocycles. The maximum Gasteiger partial charge on any atom is 0.316 e. The number of nitrogens with zero attached hydrogens (tertiary/aromatic N) is 2. The van der Waals surface area contributed by atoms with Gasteiger partial charge in [0.1, 0.15) is 11.7 Å². The topological polar surface area (TPSA) is 61.2 Å². The van der Waals surface area contributed by atoms with Crippen molar-refractivity contribution in [3.63, 3.8) is 0 Å². The lowest BCUT2D eigenvalue weighted by atomic mass is 9.89. The predicted octanol–water partition coefficient (Wildman–Crippen LogP) is 3.73. The van der Waals surface area contributed by atoms with E-state index in [0.717, 1.165) is 16.7 Å². The Labute approximate surface area is 155 Å². The molecule has 6 heteroatoms. The van der Waals surface area contributed by atoms with E-state index in [2.05, 4.69) is 4.98 Å². The van der Waals surface area contributed by atoms with Crippen molar-refractivity contribution in [1.29, 1.82) is 0 Å². The zero-order chi connectivity index (χ0) is 19.0. The summed E-state index contributed by atoms with van der Waals surface area (Å²) in [6.45, 7) is 0.528. The van der Waals surface area contributed by atoms with Crippen molar-refractivity contribution in [1.82, 2.24) is 9.55 Å². The molecule has 136 valence electrons. The second-order valence-electron chi connectivity index (χ2n) is 6.43. The molecule has 3 heterocycles. The van der Waals surface area contributed by atoms with Crippen molar-refractivity contribution in [3.8, 4) is 22.3 Å². The van der Waals surface area contributed by atoms with Gasteiger partial charge in [0.2, 0.25) is 0 Å². The van der Waals surface area contributed by atoms with Gasteiger partial charge in [-0.2, -0.15) is 0 Å². The number of hydrogen-bond acceptors (Lipinski definition) is 4. The fraction of sp³-hybridized carbons (Fsp3) is 0.190. The number of aromatic nitrogens is 2. The fourth-order valence-corrected chi connectivity index (χ4v) is 3.59. The molecule has 1 atom stereocenters. The second-order valence-corrected chi connectivity index (χ2v) is 6.43. The monoisotopic (exact) mass is 364 g/mol. The fourth-order valence-electron chi connectivity index (χ4n) is 3.59. The normalized spacial score (nSPS) is 16.1. The summed E-state index contributed by atoms with van der Waals surface area (Å²) in [4.78, 5) is 29.2. The first kappa shape index (κ1) is 17.1. The van der Waals surface area contributed by atoms with Crippen LogP contribution in [0.5, 0.6) is 0 Å². The molecule has 1 unspecified atom stereocenters. The summed E-state index contributed by atoms with van der Waals surface area (Å²) < 4.78 is 20.1. The Morgan fingerprint density at radius 1 is 1.15 bits per heavy atom. The lowest BCUT2D eigenvalue weighted by molar-refractivity contribution is -0.144. The van der Waals surface area contributed by atoms with Gasteiger partial charge in [-0.15, -0.1) is 0 Å². The molecule has 0 amide bonds. The third-order valence-corrected chi connectivity index (χ3v) is 4.90. The SMILES string of the molecule is COC(=O)C1CCn2cc(-c3ccncc3)c(-c3ccc(F)cc3)c2C1=O. The van der Waals surface area contributed by atoms with Crippen LogP contribution in [-0.4, -0.2) is 28.4 Å². The van der Waals surface area contributed by atoms with Crippen LogP contribution in [-0.2, 0) is 16.1 Å². The summed E-state index contributed by atoms with van der Waals surface area (Å²) in [6, 6.07) is 9.73. The van der Waals surface area contributed by atoms with E-state index in [1.54, 1.807) is 24.5 Å². The highest BCUT2D eigenvalue weighted by Crippen LogP contribution is 2.40. The number of esters is 1. The van der Waals surface area contributed by atoms with E-state index >= 15 is 0 Å². The van der Waals surface area contributed by atoms with E-state index < -0.39 is 11.9 Å². The summed E-state index contributed by atoms with van der Waals surface area (Å²) >= 11 is 0. The molecule has 3 aromatic rings. The van der Waals surface area contributed by atoms with Gasteiger partial charge < -0.3 is 9.30 Å². The number of pyridine rings is 1. The van der Waals surface area contributed by atoms with Crippen LogP contribution >= 0.6 is 0 Å². The minimum absolute atomic E-state index is 0.271. The summed E-state index contributed by atoms with van der Waals surface area (Å²) in [6.07, 6.45) is 5.67. The molecule has 0 radical (unpaired) electrons. The highest BCUT2D eigenvalue weighted by atomic mass is 19.1. The number of carbonyl (C=O) groups is 2. The van der Waals surface area contributed by atoms with E-state index in [1.807, 2.05) is 22.9 Å². The molecule has 0 saturated carbocycles. The third kappa shape index (κ3) is 2.93. The lowest BCUT2D eigenvalue weighted by Gasteiger charge is -2.22. The van der Waals surface area contributed by atoms with Crippen molar-refractivity contribution in [2.24, 2.45) is 5.92 Å². The molecule has 0 N–H and O–H groups in total. The third-order valence-electron chi connectivity index (χ3n) is 4.90. The van der Waals surface area contributed by atoms with Crippen molar-refractivity contribution in [2.45, 2.75) is 13.0 Å². The smallest absolute Gasteiger partial charge is 0.316 e. The number of methoxy groups -OCH3 is 1. The molecule has 0 spiro atoms. The maximum absolute atomic E-state index is 13.4. The number of halogens is 1. The van der Waals surface area contributed by atoms with Crippen LogP contribution in [0.4, 0.5) is 4.39 Å². The number of ketones is 1. The van der Waals surface area contributed by atoms with E-state index in [0.29, 0.717) is 24.2 Å². The Balaban J connectivity index is 1.94. The Morgan fingerprint density at radius 3 is 2.52 bits per heavy atom. The average molecular weight is 364 g/mol. The van der Waals surface area contributed by atoms with Gasteiger partial charge in [-0.05, 0) is 41.8 Å². The molecule has 1 aliphatic rings. The van der Waals surface area contributed by atoms with Crippen molar-refractivity contribution in [3.05, 3.63) is 66.5 Å². The molecule has 0 aliphatic carbocycles. The zero-order valence-electron chi connectivity index (χ0n) is 14.7. The molecule has 2 aromatic heterocycles. The average Bonchev–Trinajstić information content (AvgIpc) is 3.09. The minimum Gasteiger partial charge on any atom is -0.468 e. The van der Waals surface area contributed by atoms with Gasteiger partial charge in [0.15, 0.2) is 5.78 Å². The maximum atomic E-state index is 13.4. The van der Waals surface area contributed by atoms with Gasteiger partial charge in [-0.1, -0.05) is 12.1 Å². The summed E-state index contributed by atoms with van der Waals surface area (Å²) in [5.41, 5.74) is 3.61. The second kappa shape index (κ2) is 6.79. The Kier molecular flexibility index (Phi) is 4.32. The summed E-state index contributed by atoms with van der Waals surface area (Å²) in [5, 5.41) is 0. The van der Waals surface area contributed by atoms with E-state index in [4.69, 9.17) is 4.74 Å². The van der Waals surface area contributed by atoms with Gasteiger partial charge in [0, 0.05) is 36.3 Å². The number of Topliss-reactive ketones (excluding diaryl/α,β-unsaturated/α-hetero) is 1. The molecular weight excluding hydrogens is 347 g/mol. The molecule has 5 nitrogen and oxygen atoms in total. The molecule has 0 bridgehead atoms. The number of rotatable bonds is 3. The molecule has 4 rings (SSSR count). The lowest BCUT2D eigenvalue weighted by Crippen LogP contribution is -2.32. The standard InChI is InChI=1S/C21H17FN2O3/c1-27-21(26)16-8-11-24-12-17(13-6-9-23-10-7-13)18(19(24)20(16)25)14-2-4-15(22)5-3-14/h2-7,9-10,12,16H,8,11H2,1H3. The number of fused-ring (bicyclic) bond motifs is 1. The van der Waals surface area contributed by atoms with Crippen LogP contribution in [0.2, 0.25) is 0 Å². The Hall–Kier alpha value is -3.28. The minimum atomic E-state index is -0.818. The van der Waals surface area contributed by atoms with E-state index in [-0.39, 0.29) is 11.6 Å². The molecule has 27 heavy (non-hydrogen) atoms. The van der Waals surface area contributed by atoms with Crippen LogP contribution in [0.15, 0.2) is 55.0 Å². The van der Waals surface area contributed by atoms with Gasteiger partial charge in [0.05, 0.1) is 12.8 Å². The van der Waals surface area contributed by atoms with E-state index in [1.165, 1.54) is 19.2 Å². The molecule has 0 saturated heterocycles.